The van der Waals surface area contributed by atoms with Crippen LogP contribution in [0, 0.1) is 47.6 Å². The van der Waals surface area contributed by atoms with E-state index < -0.39 is 0 Å². The Kier molecular flexibility index (Phi) is 12.7. The average molecular weight is 504 g/mol. The fourth-order valence-electron chi connectivity index (χ4n) is 4.10. The standard InChI is InChI=1S/C18H17.C9H13.2CH3.Si.Zr/c1-12-9-13(2)18-16(10-12)11-14(3)17(18)15-7-5-4-6-8-15;1-6-5-7(2)9(4)8(6)3;;;;/h4-11H,1-3H3;6H,1-4H3;2*1H3;;/q4*-1;;. The number of allylic oxidation sites excluding steroid dienone is 4. The first kappa shape index (κ1) is 29.6. The molecule has 3 aromatic rings. The quantitative estimate of drug-likeness (QED) is 0.231. The number of hydrogen-bond acceptors (Lipinski definition) is 0. The number of hydrogen-bond donors (Lipinski definition) is 0. The topological polar surface area (TPSA) is 0 Å². The van der Waals surface area contributed by atoms with Crippen LogP contribution in [0.25, 0.3) is 21.9 Å². The predicted octanol–water partition coefficient (Wildman–Crippen LogP) is 8.39. The zero-order valence-electron chi connectivity index (χ0n) is 20.7. The van der Waals surface area contributed by atoms with E-state index >= 15 is 0 Å². The van der Waals surface area contributed by atoms with Crippen LogP contribution in [0.5, 0.6) is 0 Å². The van der Waals surface area contributed by atoms with Gasteiger partial charge in [-0.3, -0.25) is 6.08 Å². The fraction of sp³-hybridized carbons (Fsp3) is 0.276. The van der Waals surface area contributed by atoms with Gasteiger partial charge in [-0.05, 0) is 13.8 Å². The molecular weight excluding hydrogens is 468 g/mol. The molecule has 0 saturated heterocycles. The average Bonchev–Trinajstić information content (AvgIpc) is 3.15. The van der Waals surface area contributed by atoms with Gasteiger partial charge in [0.2, 0.25) is 0 Å². The molecule has 0 amide bonds. The van der Waals surface area contributed by atoms with E-state index in [1.165, 1.54) is 78.6 Å². The van der Waals surface area contributed by atoms with Crippen molar-refractivity contribution in [2.45, 2.75) is 48.5 Å². The Morgan fingerprint density at radius 3 is 1.94 bits per heavy atom. The second-order valence-corrected chi connectivity index (χ2v) is 7.91. The number of rotatable bonds is 1. The summed E-state index contributed by atoms with van der Waals surface area (Å²) in [4.78, 5) is 0. The predicted molar refractivity (Wildman–Crippen MR) is 138 cm³/mol. The Balaban J connectivity index is 0.000000595. The molecule has 1 aliphatic carbocycles. The Morgan fingerprint density at radius 2 is 1.48 bits per heavy atom. The van der Waals surface area contributed by atoms with Gasteiger partial charge in [0.1, 0.15) is 0 Å². The SMILES string of the molecule is CC1=[C-]C(C)C(C)=C1C.Cc1cc(C)c2c(-c3ccccc3)c(C)[cH-]c2c1.[CH3-].[CH3-].[Si]=[Zr]. The molecule has 1 aliphatic rings. The molecule has 0 spiro atoms. The summed E-state index contributed by atoms with van der Waals surface area (Å²) >= 11 is 1.36. The van der Waals surface area contributed by atoms with Crippen LogP contribution in [0.15, 0.2) is 65.3 Å². The summed E-state index contributed by atoms with van der Waals surface area (Å²) in [6.45, 7) is 18.3. The fourth-order valence-corrected chi connectivity index (χ4v) is 4.10. The monoisotopic (exact) mass is 502 g/mol. The van der Waals surface area contributed by atoms with Crippen LogP contribution in [0.4, 0.5) is 0 Å². The van der Waals surface area contributed by atoms with Gasteiger partial charge in [-0.2, -0.15) is 11.1 Å². The summed E-state index contributed by atoms with van der Waals surface area (Å²) in [7, 11) is 0. The third kappa shape index (κ3) is 6.80. The van der Waals surface area contributed by atoms with Gasteiger partial charge in [-0.25, -0.2) is 5.57 Å². The molecule has 0 aliphatic heterocycles. The number of benzene rings is 2. The first-order valence-corrected chi connectivity index (χ1v) is 14.2. The zero-order valence-corrected chi connectivity index (χ0v) is 24.2. The Morgan fingerprint density at radius 1 is 0.903 bits per heavy atom. The van der Waals surface area contributed by atoms with Crippen molar-refractivity contribution < 1.29 is 23.3 Å². The molecule has 0 heterocycles. The van der Waals surface area contributed by atoms with Gasteiger partial charge in [-0.1, -0.05) is 86.7 Å². The zero-order chi connectivity index (χ0) is 21.7. The van der Waals surface area contributed by atoms with E-state index in [0.717, 1.165) is 0 Å². The van der Waals surface area contributed by atoms with Gasteiger partial charge in [0.05, 0.1) is 0 Å². The second kappa shape index (κ2) is 13.2. The van der Waals surface area contributed by atoms with Gasteiger partial charge < -0.3 is 14.9 Å². The maximum atomic E-state index is 3.36. The molecule has 2 radical (unpaired) electrons. The van der Waals surface area contributed by atoms with Crippen molar-refractivity contribution in [2.24, 2.45) is 5.92 Å². The van der Waals surface area contributed by atoms with Crippen molar-refractivity contribution in [3.05, 3.63) is 103 Å². The second-order valence-electron chi connectivity index (χ2n) is 7.91. The van der Waals surface area contributed by atoms with Crippen LogP contribution < -0.4 is 0 Å². The summed E-state index contributed by atoms with van der Waals surface area (Å²) in [6, 6.07) is 17.5. The molecule has 164 valence electrons. The maximum absolute atomic E-state index is 3.36. The third-order valence-corrected chi connectivity index (χ3v) is 5.83. The summed E-state index contributed by atoms with van der Waals surface area (Å²) in [5.41, 5.74) is 11.0. The van der Waals surface area contributed by atoms with Crippen molar-refractivity contribution in [3.8, 4) is 11.1 Å². The summed E-state index contributed by atoms with van der Waals surface area (Å²) in [5.74, 6) is 0.560. The van der Waals surface area contributed by atoms with Crippen molar-refractivity contribution in [1.29, 1.82) is 0 Å². The van der Waals surface area contributed by atoms with Gasteiger partial charge in [0.25, 0.3) is 0 Å². The molecular formula is C29H36SiZr-4. The van der Waals surface area contributed by atoms with E-state index in [0.29, 0.717) is 5.92 Å². The van der Waals surface area contributed by atoms with Gasteiger partial charge >= 0.3 is 30.2 Å². The molecule has 3 aromatic carbocycles. The molecule has 0 bridgehead atoms. The minimum atomic E-state index is 0. The molecule has 31 heavy (non-hydrogen) atoms. The van der Waals surface area contributed by atoms with E-state index in [4.69, 9.17) is 0 Å². The third-order valence-electron chi connectivity index (χ3n) is 5.83. The summed E-state index contributed by atoms with van der Waals surface area (Å²) in [6.07, 6.45) is 3.36. The van der Waals surface area contributed by atoms with Gasteiger partial charge in [0.15, 0.2) is 0 Å². The molecule has 0 nitrogen and oxygen atoms in total. The number of aryl methyl sites for hydroxylation is 3. The van der Waals surface area contributed by atoms with E-state index in [-0.39, 0.29) is 14.9 Å². The normalized spacial score (nSPS) is 14.4. The van der Waals surface area contributed by atoms with Crippen LogP contribution >= 0.6 is 0 Å². The summed E-state index contributed by atoms with van der Waals surface area (Å²) in [5, 5.41) is 2.77. The Labute approximate surface area is 208 Å². The van der Waals surface area contributed by atoms with Crippen LogP contribution in [-0.4, -0.2) is 6.88 Å². The first-order valence-electron chi connectivity index (χ1n) is 10.0. The van der Waals surface area contributed by atoms with E-state index in [1.807, 2.05) is 0 Å². The molecule has 1 atom stereocenters. The van der Waals surface area contributed by atoms with Gasteiger partial charge in [-0.15, -0.1) is 41.0 Å². The molecule has 2 heteroatoms. The van der Waals surface area contributed by atoms with Crippen LogP contribution in [0.3, 0.4) is 0 Å². The Bertz CT molecular complexity index is 1050. The number of fused-ring (bicyclic) bond motifs is 1. The van der Waals surface area contributed by atoms with E-state index in [9.17, 15) is 0 Å². The van der Waals surface area contributed by atoms with Gasteiger partial charge in [0, 0.05) is 0 Å². The molecule has 1 unspecified atom stereocenters. The molecule has 0 fully saturated rings. The Hall–Kier alpha value is -1.37. The van der Waals surface area contributed by atoms with E-state index in [1.54, 1.807) is 0 Å². The van der Waals surface area contributed by atoms with Crippen molar-refractivity contribution in [1.82, 2.24) is 0 Å². The van der Waals surface area contributed by atoms with Crippen molar-refractivity contribution in [3.63, 3.8) is 0 Å². The molecule has 0 N–H and O–H groups in total. The first-order chi connectivity index (χ1) is 13.8. The van der Waals surface area contributed by atoms with E-state index in [2.05, 4.69) is 110 Å². The van der Waals surface area contributed by atoms with Crippen LogP contribution in [-0.2, 0) is 23.3 Å². The molecule has 4 rings (SSSR count). The van der Waals surface area contributed by atoms with Crippen LogP contribution in [0.1, 0.15) is 44.4 Å². The molecule has 0 aromatic heterocycles. The summed E-state index contributed by atoms with van der Waals surface area (Å²) < 4.78 is 0. The molecule has 0 saturated carbocycles. The van der Waals surface area contributed by atoms with Crippen LogP contribution in [0.2, 0.25) is 0 Å². The van der Waals surface area contributed by atoms with Crippen molar-refractivity contribution in [2.75, 3.05) is 0 Å². The minimum absolute atomic E-state index is 0. The van der Waals surface area contributed by atoms with Crippen molar-refractivity contribution >= 4 is 17.7 Å².